The van der Waals surface area contributed by atoms with Gasteiger partial charge in [-0.15, -0.1) is 0 Å². The highest BCUT2D eigenvalue weighted by molar-refractivity contribution is 7.88. The lowest BCUT2D eigenvalue weighted by molar-refractivity contribution is -0.123. The van der Waals surface area contributed by atoms with Gasteiger partial charge in [-0.05, 0) is 28.2 Å². The molecule has 1 saturated heterocycles. The monoisotopic (exact) mass is 460 g/mol. The summed E-state index contributed by atoms with van der Waals surface area (Å²) in [6.07, 6.45) is 0. The fourth-order valence-electron chi connectivity index (χ4n) is 3.58. The van der Waals surface area contributed by atoms with Gasteiger partial charge in [0.25, 0.3) is 5.91 Å². The van der Waals surface area contributed by atoms with E-state index in [0.29, 0.717) is 37.6 Å². The molecule has 1 heterocycles. The van der Waals surface area contributed by atoms with Gasteiger partial charge in [-0.3, -0.25) is 4.79 Å². The van der Waals surface area contributed by atoms with Crippen LogP contribution >= 0.6 is 0 Å². The number of hydrogen-bond acceptors (Lipinski definition) is 5. The number of amides is 1. The molecule has 2 aromatic rings. The van der Waals surface area contributed by atoms with Crippen LogP contribution in [0.4, 0.5) is 0 Å². The molecule has 2 aromatic carbocycles. The predicted octanol–water partition coefficient (Wildman–Crippen LogP) is 2.84. The molecule has 0 saturated carbocycles. The molecule has 1 fully saturated rings. The molecule has 7 nitrogen and oxygen atoms in total. The molecule has 3 rings (SSSR count). The molecule has 174 valence electrons. The summed E-state index contributed by atoms with van der Waals surface area (Å²) in [5.41, 5.74) is 2.38. The molecule has 8 heteroatoms. The minimum atomic E-state index is -3.45. The van der Waals surface area contributed by atoms with E-state index in [2.05, 4.69) is 26.1 Å². The number of morpholine rings is 1. The number of carbonyl (C=O) groups is 1. The predicted molar refractivity (Wildman–Crippen MR) is 124 cm³/mol. The normalized spacial score (nSPS) is 15.3. The Morgan fingerprint density at radius 3 is 2.34 bits per heavy atom. The molecule has 32 heavy (non-hydrogen) atoms. The standard InChI is InChI=1S/C24H32N2O5S/c1-24(2,3)21-10-6-7-11-22(21)31-17-23(27)25-16-19-8-4-5-9-20(19)18-32(28,29)26-12-14-30-15-13-26/h4-11H,12-18H2,1-3H3,(H,25,27). The highest BCUT2D eigenvalue weighted by Gasteiger charge is 2.25. The zero-order valence-electron chi connectivity index (χ0n) is 19.0. The van der Waals surface area contributed by atoms with E-state index in [1.807, 2.05) is 42.5 Å². The zero-order valence-corrected chi connectivity index (χ0v) is 19.8. The fourth-order valence-corrected chi connectivity index (χ4v) is 5.15. The van der Waals surface area contributed by atoms with Gasteiger partial charge >= 0.3 is 0 Å². The molecule has 1 aliphatic heterocycles. The first-order valence-corrected chi connectivity index (χ1v) is 12.4. The molecule has 0 unspecified atom stereocenters. The van der Waals surface area contributed by atoms with Gasteiger partial charge in [0.05, 0.1) is 19.0 Å². The van der Waals surface area contributed by atoms with E-state index in [1.165, 1.54) is 4.31 Å². The Hall–Kier alpha value is -2.42. The molecular formula is C24H32N2O5S. The van der Waals surface area contributed by atoms with Crippen LogP contribution in [-0.2, 0) is 37.3 Å². The van der Waals surface area contributed by atoms with E-state index in [0.717, 1.165) is 11.1 Å². The Balaban J connectivity index is 1.59. The number of ether oxygens (including phenoxy) is 2. The van der Waals surface area contributed by atoms with Crippen LogP contribution in [0.15, 0.2) is 48.5 Å². The van der Waals surface area contributed by atoms with Gasteiger partial charge < -0.3 is 14.8 Å². The van der Waals surface area contributed by atoms with Crippen LogP contribution in [0.2, 0.25) is 0 Å². The maximum absolute atomic E-state index is 12.8. The molecule has 0 radical (unpaired) electrons. The molecule has 0 spiro atoms. The quantitative estimate of drug-likeness (QED) is 0.655. The van der Waals surface area contributed by atoms with Crippen molar-refractivity contribution in [2.75, 3.05) is 32.9 Å². The minimum Gasteiger partial charge on any atom is -0.483 e. The second-order valence-corrected chi connectivity index (χ2v) is 10.8. The van der Waals surface area contributed by atoms with Crippen LogP contribution in [0.3, 0.4) is 0 Å². The third-order valence-electron chi connectivity index (χ3n) is 5.35. The van der Waals surface area contributed by atoms with Crippen LogP contribution in [0.5, 0.6) is 5.75 Å². The average molecular weight is 461 g/mol. The van der Waals surface area contributed by atoms with Crippen LogP contribution in [0.25, 0.3) is 0 Å². The summed E-state index contributed by atoms with van der Waals surface area (Å²) in [7, 11) is -3.45. The number of nitrogens with one attached hydrogen (secondary N) is 1. The maximum atomic E-state index is 12.8. The first kappa shape index (κ1) is 24.2. The van der Waals surface area contributed by atoms with E-state index in [4.69, 9.17) is 9.47 Å². The Morgan fingerprint density at radius 2 is 1.66 bits per heavy atom. The van der Waals surface area contributed by atoms with Gasteiger partial charge in [-0.1, -0.05) is 63.2 Å². The Labute approximate surface area is 190 Å². The summed E-state index contributed by atoms with van der Waals surface area (Å²) in [5, 5.41) is 2.84. The summed E-state index contributed by atoms with van der Waals surface area (Å²) in [4.78, 5) is 12.4. The molecular weight excluding hydrogens is 428 g/mol. The van der Waals surface area contributed by atoms with Crippen molar-refractivity contribution >= 4 is 15.9 Å². The zero-order chi connectivity index (χ0) is 23.2. The van der Waals surface area contributed by atoms with E-state index < -0.39 is 10.0 Å². The molecule has 0 aliphatic carbocycles. The number of nitrogens with zero attached hydrogens (tertiary/aromatic N) is 1. The second-order valence-electron chi connectivity index (χ2n) is 8.85. The summed E-state index contributed by atoms with van der Waals surface area (Å²) in [6, 6.07) is 15.0. The van der Waals surface area contributed by atoms with Crippen LogP contribution in [0.1, 0.15) is 37.5 Å². The van der Waals surface area contributed by atoms with Crippen molar-refractivity contribution in [1.82, 2.24) is 9.62 Å². The van der Waals surface area contributed by atoms with E-state index in [-0.39, 0.29) is 30.2 Å². The third kappa shape index (κ3) is 6.54. The lowest BCUT2D eigenvalue weighted by atomic mass is 9.86. The molecule has 0 aromatic heterocycles. The van der Waals surface area contributed by atoms with Crippen molar-refractivity contribution in [3.8, 4) is 5.75 Å². The summed E-state index contributed by atoms with van der Waals surface area (Å²) >= 11 is 0. The fraction of sp³-hybridized carbons (Fsp3) is 0.458. The lowest BCUT2D eigenvalue weighted by Crippen LogP contribution is -2.41. The first-order chi connectivity index (χ1) is 15.2. The highest BCUT2D eigenvalue weighted by atomic mass is 32.2. The van der Waals surface area contributed by atoms with Gasteiger partial charge in [-0.2, -0.15) is 4.31 Å². The highest BCUT2D eigenvalue weighted by Crippen LogP contribution is 2.30. The molecule has 0 atom stereocenters. The van der Waals surface area contributed by atoms with E-state index in [1.54, 1.807) is 6.07 Å². The van der Waals surface area contributed by atoms with Crippen molar-refractivity contribution in [2.24, 2.45) is 0 Å². The molecule has 0 bridgehead atoms. The van der Waals surface area contributed by atoms with Crippen molar-refractivity contribution in [3.05, 3.63) is 65.2 Å². The van der Waals surface area contributed by atoms with Crippen LogP contribution in [-0.4, -0.2) is 51.5 Å². The minimum absolute atomic E-state index is 0.0992. The summed E-state index contributed by atoms with van der Waals surface area (Å²) in [5.74, 6) is 0.320. The molecule has 1 N–H and O–H groups in total. The lowest BCUT2D eigenvalue weighted by Gasteiger charge is -2.26. The van der Waals surface area contributed by atoms with Gasteiger partial charge in [-0.25, -0.2) is 8.42 Å². The maximum Gasteiger partial charge on any atom is 0.258 e. The van der Waals surface area contributed by atoms with Gasteiger partial charge in [0.1, 0.15) is 5.75 Å². The average Bonchev–Trinajstić information content (AvgIpc) is 2.77. The molecule has 1 amide bonds. The van der Waals surface area contributed by atoms with Crippen molar-refractivity contribution in [3.63, 3.8) is 0 Å². The number of benzene rings is 2. The smallest absolute Gasteiger partial charge is 0.258 e. The Morgan fingerprint density at radius 1 is 1.03 bits per heavy atom. The number of carbonyl (C=O) groups excluding carboxylic acids is 1. The van der Waals surface area contributed by atoms with Crippen molar-refractivity contribution in [2.45, 2.75) is 38.5 Å². The van der Waals surface area contributed by atoms with E-state index in [9.17, 15) is 13.2 Å². The van der Waals surface area contributed by atoms with Crippen LogP contribution in [0, 0.1) is 0 Å². The number of para-hydroxylation sites is 1. The van der Waals surface area contributed by atoms with E-state index >= 15 is 0 Å². The number of sulfonamides is 1. The number of rotatable bonds is 8. The molecule has 1 aliphatic rings. The van der Waals surface area contributed by atoms with Gasteiger partial charge in [0, 0.05) is 19.6 Å². The van der Waals surface area contributed by atoms with Crippen LogP contribution < -0.4 is 10.1 Å². The van der Waals surface area contributed by atoms with Crippen molar-refractivity contribution in [1.29, 1.82) is 0 Å². The first-order valence-electron chi connectivity index (χ1n) is 10.8. The Kier molecular flexibility index (Phi) is 7.92. The van der Waals surface area contributed by atoms with Gasteiger partial charge in [0.15, 0.2) is 6.61 Å². The summed E-state index contributed by atoms with van der Waals surface area (Å²) < 4.78 is 38.1. The topological polar surface area (TPSA) is 84.9 Å². The second kappa shape index (κ2) is 10.5. The number of hydrogen-bond donors (Lipinski definition) is 1. The largest absolute Gasteiger partial charge is 0.483 e. The SMILES string of the molecule is CC(C)(C)c1ccccc1OCC(=O)NCc1ccccc1CS(=O)(=O)N1CCOCC1. The van der Waals surface area contributed by atoms with Crippen molar-refractivity contribution < 1.29 is 22.7 Å². The third-order valence-corrected chi connectivity index (χ3v) is 7.18. The summed E-state index contributed by atoms with van der Waals surface area (Å²) in [6.45, 7) is 7.97. The Bertz CT molecular complexity index is 1020. The van der Waals surface area contributed by atoms with Gasteiger partial charge in [0.2, 0.25) is 10.0 Å².